The highest BCUT2D eigenvalue weighted by atomic mass is 31.2. The topological polar surface area (TPSA) is 76.0 Å². The maximum atomic E-state index is 11.4. The van der Waals surface area contributed by atoms with Crippen LogP contribution in [0.25, 0.3) is 0 Å². The molecule has 2 N–H and O–H groups in total. The molecule has 0 atom stereocenters. The molecular formula is C9H12O5P. The molecule has 0 aliphatic carbocycles. The van der Waals surface area contributed by atoms with Gasteiger partial charge in [-0.15, -0.1) is 0 Å². The summed E-state index contributed by atoms with van der Waals surface area (Å²) in [4.78, 5) is 18.5. The summed E-state index contributed by atoms with van der Waals surface area (Å²) in [6, 6.07) is 8.75. The molecule has 0 amide bonds. The number of benzene rings is 1. The second kappa shape index (κ2) is 4.43. The number of methoxy groups -OCH3 is 2. The lowest BCUT2D eigenvalue weighted by Gasteiger charge is -2.31. The summed E-state index contributed by atoms with van der Waals surface area (Å²) in [5.41, 5.74) is -1.79. The second-order valence-corrected chi connectivity index (χ2v) is 4.50. The van der Waals surface area contributed by atoms with Gasteiger partial charge in [-0.3, -0.25) is 4.57 Å². The van der Waals surface area contributed by atoms with E-state index in [0.717, 1.165) is 0 Å². The van der Waals surface area contributed by atoms with Crippen LogP contribution in [0, 0.1) is 6.07 Å². The Balaban J connectivity index is 3.31. The van der Waals surface area contributed by atoms with Crippen molar-refractivity contribution in [2.24, 2.45) is 0 Å². The minimum absolute atomic E-state index is 0.250. The summed E-state index contributed by atoms with van der Waals surface area (Å²) >= 11 is 0. The predicted octanol–water partition coefficient (Wildman–Crippen LogP) is 1.07. The Morgan fingerprint density at radius 2 is 1.73 bits per heavy atom. The standard InChI is InChI=1S/C9H12O5P/c1-13-9(14-2,15(10,11)12)8-6-4-3-5-7-8/h4-7H,1-2H3,(H2,10,11,12). The first-order valence-electron chi connectivity index (χ1n) is 4.10. The van der Waals surface area contributed by atoms with Crippen molar-refractivity contribution in [3.63, 3.8) is 0 Å². The monoisotopic (exact) mass is 231 g/mol. The molecular weight excluding hydrogens is 219 g/mol. The van der Waals surface area contributed by atoms with E-state index in [1.54, 1.807) is 0 Å². The van der Waals surface area contributed by atoms with Crippen LogP contribution in [0.3, 0.4) is 0 Å². The number of hydrogen-bond donors (Lipinski definition) is 2. The molecule has 0 spiro atoms. The zero-order chi connectivity index (χ0) is 11.5. The van der Waals surface area contributed by atoms with Crippen LogP contribution in [0.15, 0.2) is 24.3 Å². The highest BCUT2D eigenvalue weighted by molar-refractivity contribution is 7.52. The fourth-order valence-corrected chi connectivity index (χ4v) is 2.28. The molecule has 1 aromatic rings. The predicted molar refractivity (Wildman–Crippen MR) is 53.0 cm³/mol. The molecule has 0 bridgehead atoms. The Labute approximate surface area is 87.8 Å². The van der Waals surface area contributed by atoms with Gasteiger partial charge in [0.1, 0.15) is 0 Å². The van der Waals surface area contributed by atoms with Crippen LogP contribution in [0.5, 0.6) is 0 Å². The molecule has 0 aliphatic heterocycles. The average molecular weight is 231 g/mol. The molecule has 0 aliphatic rings. The Morgan fingerprint density at radius 1 is 1.27 bits per heavy atom. The van der Waals surface area contributed by atoms with Crippen LogP contribution in [-0.4, -0.2) is 24.0 Å². The molecule has 1 radical (unpaired) electrons. The van der Waals surface area contributed by atoms with Crippen LogP contribution < -0.4 is 0 Å². The number of hydrogen-bond acceptors (Lipinski definition) is 3. The van der Waals surface area contributed by atoms with E-state index in [4.69, 9.17) is 9.47 Å². The number of ether oxygens (including phenoxy) is 2. The first-order chi connectivity index (χ1) is 6.98. The molecule has 1 rings (SSSR count). The smallest absolute Gasteiger partial charge is 0.340 e. The molecule has 15 heavy (non-hydrogen) atoms. The molecule has 0 aromatic heterocycles. The highest BCUT2D eigenvalue weighted by Gasteiger charge is 2.50. The second-order valence-electron chi connectivity index (χ2n) is 2.82. The third-order valence-corrected chi connectivity index (χ3v) is 3.41. The zero-order valence-corrected chi connectivity index (χ0v) is 9.27. The minimum atomic E-state index is -4.59. The van der Waals surface area contributed by atoms with Gasteiger partial charge in [-0.2, -0.15) is 0 Å². The third kappa shape index (κ3) is 2.12. The molecule has 0 unspecified atom stereocenters. The number of rotatable bonds is 4. The first kappa shape index (κ1) is 12.4. The Hall–Kier alpha value is -0.710. The molecule has 6 heteroatoms. The molecule has 0 heterocycles. The Morgan fingerprint density at radius 3 is 2.07 bits per heavy atom. The van der Waals surface area contributed by atoms with Crippen molar-refractivity contribution >= 4 is 7.60 Å². The molecule has 83 valence electrons. The van der Waals surface area contributed by atoms with E-state index in [9.17, 15) is 14.4 Å². The van der Waals surface area contributed by atoms with Crippen LogP contribution in [0.4, 0.5) is 0 Å². The van der Waals surface area contributed by atoms with Crippen LogP contribution in [-0.2, 0) is 19.6 Å². The zero-order valence-electron chi connectivity index (χ0n) is 8.38. The summed E-state index contributed by atoms with van der Waals surface area (Å²) in [5.74, 6) is 0. The van der Waals surface area contributed by atoms with E-state index < -0.39 is 13.1 Å². The van der Waals surface area contributed by atoms with Gasteiger partial charge in [-0.1, -0.05) is 24.3 Å². The van der Waals surface area contributed by atoms with Crippen molar-refractivity contribution in [3.8, 4) is 0 Å². The summed E-state index contributed by atoms with van der Waals surface area (Å²) in [6.07, 6.45) is 0. The lowest BCUT2D eigenvalue weighted by molar-refractivity contribution is -0.162. The maximum Gasteiger partial charge on any atom is 0.389 e. The third-order valence-electron chi connectivity index (χ3n) is 2.02. The molecule has 0 saturated heterocycles. The van der Waals surface area contributed by atoms with Crippen molar-refractivity contribution in [2.75, 3.05) is 14.2 Å². The van der Waals surface area contributed by atoms with Gasteiger partial charge < -0.3 is 19.3 Å². The first-order valence-corrected chi connectivity index (χ1v) is 5.71. The largest absolute Gasteiger partial charge is 0.389 e. The minimum Gasteiger partial charge on any atom is -0.340 e. The van der Waals surface area contributed by atoms with Gasteiger partial charge in [0.05, 0.1) is 0 Å². The lowest BCUT2D eigenvalue weighted by atomic mass is 10.2. The van der Waals surface area contributed by atoms with Crippen molar-refractivity contribution in [2.45, 2.75) is 5.53 Å². The maximum absolute atomic E-state index is 11.4. The average Bonchev–Trinajstić information content (AvgIpc) is 2.20. The van der Waals surface area contributed by atoms with Gasteiger partial charge >= 0.3 is 7.60 Å². The molecule has 0 fully saturated rings. The van der Waals surface area contributed by atoms with Gasteiger partial charge in [-0.05, 0) is 6.07 Å². The van der Waals surface area contributed by atoms with Gasteiger partial charge in [0, 0.05) is 19.8 Å². The Bertz CT molecular complexity index is 354. The van der Waals surface area contributed by atoms with E-state index >= 15 is 0 Å². The molecule has 0 saturated carbocycles. The van der Waals surface area contributed by atoms with Gasteiger partial charge in [-0.25, -0.2) is 0 Å². The highest BCUT2D eigenvalue weighted by Crippen LogP contribution is 2.57. The summed E-state index contributed by atoms with van der Waals surface area (Å²) in [5, 5.41) is 0. The Kier molecular flexibility index (Phi) is 3.65. The van der Waals surface area contributed by atoms with Gasteiger partial charge in [0.15, 0.2) is 0 Å². The molecule has 1 aromatic carbocycles. The van der Waals surface area contributed by atoms with Crippen molar-refractivity contribution in [1.82, 2.24) is 0 Å². The normalized spacial score (nSPS) is 12.8. The van der Waals surface area contributed by atoms with E-state index in [1.807, 2.05) is 0 Å². The van der Waals surface area contributed by atoms with Gasteiger partial charge in [0.25, 0.3) is 5.53 Å². The molecule has 5 nitrogen and oxygen atoms in total. The van der Waals surface area contributed by atoms with Gasteiger partial charge in [0.2, 0.25) is 0 Å². The summed E-state index contributed by atoms with van der Waals surface area (Å²) < 4.78 is 21.0. The van der Waals surface area contributed by atoms with E-state index in [1.165, 1.54) is 38.5 Å². The summed E-state index contributed by atoms with van der Waals surface area (Å²) in [6.45, 7) is 0. The van der Waals surface area contributed by atoms with E-state index in [2.05, 4.69) is 6.07 Å². The van der Waals surface area contributed by atoms with Crippen LogP contribution >= 0.6 is 7.60 Å². The fraction of sp³-hybridized carbons (Fsp3) is 0.333. The van der Waals surface area contributed by atoms with Crippen molar-refractivity contribution in [3.05, 3.63) is 35.9 Å². The van der Waals surface area contributed by atoms with Crippen LogP contribution in [0.1, 0.15) is 5.56 Å². The summed E-state index contributed by atoms with van der Waals surface area (Å²) in [7, 11) is -2.23. The van der Waals surface area contributed by atoms with Crippen molar-refractivity contribution < 1.29 is 23.8 Å². The van der Waals surface area contributed by atoms with Crippen LogP contribution in [0.2, 0.25) is 0 Å². The SMILES string of the molecule is COC(OC)(c1cc[c]cc1)P(=O)(O)O. The van der Waals surface area contributed by atoms with Crippen molar-refractivity contribution in [1.29, 1.82) is 0 Å². The van der Waals surface area contributed by atoms with E-state index in [-0.39, 0.29) is 5.56 Å². The lowest BCUT2D eigenvalue weighted by Crippen LogP contribution is -2.30. The quantitative estimate of drug-likeness (QED) is 0.598. The fourth-order valence-electron chi connectivity index (χ4n) is 1.32. The van der Waals surface area contributed by atoms with E-state index in [0.29, 0.717) is 0 Å².